The average Bonchev–Trinajstić information content (AvgIpc) is 2.81. The molecule has 0 unspecified atom stereocenters. The summed E-state index contributed by atoms with van der Waals surface area (Å²) in [4.78, 5) is 0. The number of nitrogens with two attached hydrogens (primary N) is 2. The van der Waals surface area contributed by atoms with E-state index in [1.807, 2.05) is 31.2 Å². The zero-order valence-corrected chi connectivity index (χ0v) is 10.1. The van der Waals surface area contributed by atoms with Gasteiger partial charge in [-0.2, -0.15) is 0 Å². The number of hydrogen-bond acceptors (Lipinski definition) is 4. The Balaban J connectivity index is 1.97. The minimum absolute atomic E-state index is 0.00540. The molecule has 1 heterocycles. The second-order valence-electron chi connectivity index (χ2n) is 3.93. The lowest BCUT2D eigenvalue weighted by Crippen LogP contribution is -2.25. The number of allylic oxidation sites excluding steroid dienone is 2. The maximum Gasteiger partial charge on any atom is 0.231 e. The van der Waals surface area contributed by atoms with E-state index >= 15 is 0 Å². The fraction of sp³-hybridized carbons (Fsp3) is 0.250. The molecule has 5 N–H and O–H groups in total. The molecule has 96 valence electrons. The van der Waals surface area contributed by atoms with Crippen molar-refractivity contribution in [3.05, 3.63) is 35.5 Å². The molecular weight excluding hydrogens is 232 g/mol. The second kappa shape index (κ2) is 5.31. The summed E-state index contributed by atoms with van der Waals surface area (Å²) >= 11 is 0. The molecule has 0 aromatic heterocycles. The molecule has 2 rings (SSSR count). The fourth-order valence-corrected chi connectivity index (χ4v) is 1.54. The number of nitrogens with one attached hydrogen (secondary N) is 1. The molecule has 0 atom stereocenters. The van der Waals surface area contributed by atoms with Crippen molar-refractivity contribution in [2.24, 2.45) is 16.6 Å². The topological polar surface area (TPSA) is 94.9 Å². The van der Waals surface area contributed by atoms with Gasteiger partial charge < -0.3 is 20.9 Å². The Bertz CT molecular complexity index is 493. The van der Waals surface area contributed by atoms with Gasteiger partial charge in [0.05, 0.1) is 0 Å². The van der Waals surface area contributed by atoms with E-state index in [0.717, 1.165) is 29.2 Å². The van der Waals surface area contributed by atoms with Crippen LogP contribution in [0.25, 0.3) is 0 Å². The van der Waals surface area contributed by atoms with Crippen LogP contribution in [-0.2, 0) is 6.42 Å². The number of guanidine groups is 1. The molecule has 1 aromatic carbocycles. The van der Waals surface area contributed by atoms with Gasteiger partial charge >= 0.3 is 0 Å². The van der Waals surface area contributed by atoms with E-state index in [4.69, 9.17) is 20.9 Å². The summed E-state index contributed by atoms with van der Waals surface area (Å²) in [6, 6.07) is 5.87. The Morgan fingerprint density at radius 3 is 2.94 bits per heavy atom. The van der Waals surface area contributed by atoms with Gasteiger partial charge in [-0.25, -0.2) is 0 Å². The van der Waals surface area contributed by atoms with Gasteiger partial charge in [0.2, 0.25) is 12.8 Å². The summed E-state index contributed by atoms with van der Waals surface area (Å²) in [5, 5.41) is 3.70. The smallest absolute Gasteiger partial charge is 0.231 e. The lowest BCUT2D eigenvalue weighted by molar-refractivity contribution is 0.174. The third kappa shape index (κ3) is 3.07. The average molecular weight is 248 g/mol. The zero-order chi connectivity index (χ0) is 13.0. The third-order valence-corrected chi connectivity index (χ3v) is 2.44. The van der Waals surface area contributed by atoms with Crippen molar-refractivity contribution in [3.63, 3.8) is 0 Å². The molecule has 0 amide bonds. The standard InChI is InChI=1S/C12H16N4O2/c1-8(15-16-12(13)14)2-3-9-4-5-10-11(6-9)18-7-17-10/h2,4-6,15H,3,7H2,1H3,(H4,13,14,16)/b8-2-. The van der Waals surface area contributed by atoms with Crippen LogP contribution in [-0.4, -0.2) is 12.8 Å². The van der Waals surface area contributed by atoms with Gasteiger partial charge in [0.1, 0.15) is 0 Å². The first-order chi connectivity index (χ1) is 8.65. The Hall–Kier alpha value is -2.37. The van der Waals surface area contributed by atoms with Crippen molar-refractivity contribution >= 4 is 5.96 Å². The van der Waals surface area contributed by atoms with Crippen molar-refractivity contribution in [1.82, 2.24) is 5.43 Å². The Morgan fingerprint density at radius 1 is 1.39 bits per heavy atom. The molecule has 0 fully saturated rings. The predicted octanol–water partition coefficient (Wildman–Crippen LogP) is 0.640. The first kappa shape index (κ1) is 12.1. The first-order valence-electron chi connectivity index (χ1n) is 5.55. The van der Waals surface area contributed by atoms with Crippen LogP contribution in [0.1, 0.15) is 12.5 Å². The van der Waals surface area contributed by atoms with Gasteiger partial charge in [-0.15, -0.1) is 5.10 Å². The summed E-state index contributed by atoms with van der Waals surface area (Å²) in [7, 11) is 0. The predicted molar refractivity (Wildman–Crippen MR) is 69.0 cm³/mol. The lowest BCUT2D eigenvalue weighted by atomic mass is 10.1. The number of benzene rings is 1. The lowest BCUT2D eigenvalue weighted by Gasteiger charge is -2.02. The highest BCUT2D eigenvalue weighted by atomic mass is 16.7. The van der Waals surface area contributed by atoms with Crippen molar-refractivity contribution in [3.8, 4) is 11.5 Å². The van der Waals surface area contributed by atoms with Crippen LogP contribution in [0.2, 0.25) is 0 Å². The molecule has 1 aliphatic rings. The number of hydrogen-bond donors (Lipinski definition) is 3. The van der Waals surface area contributed by atoms with E-state index in [1.165, 1.54) is 0 Å². The van der Waals surface area contributed by atoms with Crippen molar-refractivity contribution in [1.29, 1.82) is 0 Å². The van der Waals surface area contributed by atoms with E-state index in [0.29, 0.717) is 6.79 Å². The Morgan fingerprint density at radius 2 is 2.17 bits per heavy atom. The van der Waals surface area contributed by atoms with E-state index in [2.05, 4.69) is 10.5 Å². The van der Waals surface area contributed by atoms with Crippen LogP contribution in [0.5, 0.6) is 11.5 Å². The van der Waals surface area contributed by atoms with Crippen molar-refractivity contribution < 1.29 is 9.47 Å². The summed E-state index contributed by atoms with van der Waals surface area (Å²) < 4.78 is 10.6. The molecule has 0 saturated heterocycles. The van der Waals surface area contributed by atoms with Crippen LogP contribution < -0.4 is 26.4 Å². The maximum absolute atomic E-state index is 5.31. The molecule has 0 spiro atoms. The largest absolute Gasteiger partial charge is 0.454 e. The number of hydrazone groups is 1. The molecule has 0 saturated carbocycles. The molecule has 1 aromatic rings. The second-order valence-corrected chi connectivity index (χ2v) is 3.93. The van der Waals surface area contributed by atoms with Crippen LogP contribution in [0.15, 0.2) is 35.1 Å². The quantitative estimate of drug-likeness (QED) is 0.413. The number of rotatable bonds is 4. The minimum Gasteiger partial charge on any atom is -0.454 e. The van der Waals surface area contributed by atoms with Gasteiger partial charge in [-0.05, 0) is 31.0 Å². The molecule has 1 aliphatic heterocycles. The SMILES string of the molecule is C/C(=C/Cc1ccc2c(c1)OCO2)NN=C(N)N. The summed E-state index contributed by atoms with van der Waals surface area (Å²) in [6.07, 6.45) is 2.75. The van der Waals surface area contributed by atoms with Gasteiger partial charge in [0.25, 0.3) is 0 Å². The maximum atomic E-state index is 5.31. The van der Waals surface area contributed by atoms with Gasteiger partial charge in [-0.1, -0.05) is 12.1 Å². The first-order valence-corrected chi connectivity index (χ1v) is 5.55. The third-order valence-electron chi connectivity index (χ3n) is 2.44. The van der Waals surface area contributed by atoms with E-state index in [9.17, 15) is 0 Å². The van der Waals surface area contributed by atoms with Crippen LogP contribution in [0.3, 0.4) is 0 Å². The number of nitrogens with zero attached hydrogens (tertiary/aromatic N) is 1. The van der Waals surface area contributed by atoms with Crippen molar-refractivity contribution in [2.45, 2.75) is 13.3 Å². The van der Waals surface area contributed by atoms with Crippen LogP contribution in [0, 0.1) is 0 Å². The molecule has 0 aliphatic carbocycles. The summed E-state index contributed by atoms with van der Waals surface area (Å²) in [5.74, 6) is 1.58. The van der Waals surface area contributed by atoms with E-state index in [-0.39, 0.29) is 5.96 Å². The van der Waals surface area contributed by atoms with Gasteiger partial charge in [0, 0.05) is 5.70 Å². The van der Waals surface area contributed by atoms with E-state index < -0.39 is 0 Å². The molecule has 6 heteroatoms. The van der Waals surface area contributed by atoms with Gasteiger partial charge in [0.15, 0.2) is 11.5 Å². The van der Waals surface area contributed by atoms with Gasteiger partial charge in [-0.3, -0.25) is 5.43 Å². The fourth-order valence-electron chi connectivity index (χ4n) is 1.54. The van der Waals surface area contributed by atoms with Crippen LogP contribution >= 0.6 is 0 Å². The van der Waals surface area contributed by atoms with E-state index in [1.54, 1.807) is 0 Å². The minimum atomic E-state index is 0.00540. The highest BCUT2D eigenvalue weighted by Crippen LogP contribution is 2.32. The molecule has 0 bridgehead atoms. The Labute approximate surface area is 105 Å². The highest BCUT2D eigenvalue weighted by Gasteiger charge is 2.12. The molecular formula is C12H16N4O2. The Kier molecular flexibility index (Phi) is 3.57. The number of fused-ring (bicyclic) bond motifs is 1. The van der Waals surface area contributed by atoms with Crippen LogP contribution in [0.4, 0.5) is 0 Å². The normalized spacial score (nSPS) is 13.3. The molecule has 0 radical (unpaired) electrons. The summed E-state index contributed by atoms with van der Waals surface area (Å²) in [6.45, 7) is 2.18. The highest BCUT2D eigenvalue weighted by molar-refractivity contribution is 5.75. The zero-order valence-electron chi connectivity index (χ0n) is 10.1. The molecule has 18 heavy (non-hydrogen) atoms. The van der Waals surface area contributed by atoms with Crippen molar-refractivity contribution in [2.75, 3.05) is 6.79 Å². The monoisotopic (exact) mass is 248 g/mol. The summed E-state index contributed by atoms with van der Waals surface area (Å²) in [5.41, 5.74) is 15.2. The molecule has 6 nitrogen and oxygen atoms in total. The number of ether oxygens (including phenoxy) is 2.